The highest BCUT2D eigenvalue weighted by Gasteiger charge is 2.29. The zero-order valence-corrected chi connectivity index (χ0v) is 17.5. The Morgan fingerprint density at radius 3 is 2.41 bits per heavy atom. The summed E-state index contributed by atoms with van der Waals surface area (Å²) >= 11 is 0. The van der Waals surface area contributed by atoms with Crippen molar-refractivity contribution in [3.05, 3.63) is 82.7 Å². The van der Waals surface area contributed by atoms with E-state index >= 15 is 0 Å². The zero-order chi connectivity index (χ0) is 22.7. The molecule has 0 unspecified atom stereocenters. The minimum absolute atomic E-state index is 0.187. The number of fused-ring (bicyclic) bond motifs is 1. The second kappa shape index (κ2) is 9.17. The Kier molecular flexibility index (Phi) is 6.16. The first-order chi connectivity index (χ1) is 15.4. The summed E-state index contributed by atoms with van der Waals surface area (Å²) in [7, 11) is 1.77. The van der Waals surface area contributed by atoms with Crippen LogP contribution in [0.4, 0.5) is 8.78 Å². The van der Waals surface area contributed by atoms with E-state index in [-0.39, 0.29) is 48.8 Å². The molecule has 0 fully saturated rings. The van der Waals surface area contributed by atoms with Crippen LogP contribution in [0.25, 0.3) is 0 Å². The summed E-state index contributed by atoms with van der Waals surface area (Å²) < 4.78 is 33.2. The van der Waals surface area contributed by atoms with Gasteiger partial charge in [0.1, 0.15) is 17.4 Å². The van der Waals surface area contributed by atoms with Crippen LogP contribution in [-0.2, 0) is 31.4 Å². The van der Waals surface area contributed by atoms with E-state index in [2.05, 4.69) is 10.4 Å². The highest BCUT2D eigenvalue weighted by atomic mass is 19.1. The third-order valence-electron chi connectivity index (χ3n) is 5.35. The molecule has 0 spiro atoms. The van der Waals surface area contributed by atoms with Gasteiger partial charge in [0.25, 0.3) is 11.8 Å². The van der Waals surface area contributed by atoms with Crippen molar-refractivity contribution in [1.29, 1.82) is 0 Å². The van der Waals surface area contributed by atoms with Crippen LogP contribution in [0.1, 0.15) is 27.3 Å². The monoisotopic (exact) mass is 440 g/mol. The first-order valence-corrected chi connectivity index (χ1v) is 10.1. The summed E-state index contributed by atoms with van der Waals surface area (Å²) in [5.41, 5.74) is 2.63. The molecule has 2 aromatic carbocycles. The third kappa shape index (κ3) is 4.77. The van der Waals surface area contributed by atoms with Gasteiger partial charge in [-0.3, -0.25) is 14.3 Å². The van der Waals surface area contributed by atoms with Crippen molar-refractivity contribution in [2.75, 3.05) is 13.2 Å². The predicted octanol–water partition coefficient (Wildman–Crippen LogP) is 2.59. The lowest BCUT2D eigenvalue weighted by Crippen LogP contribution is -2.39. The maximum atomic E-state index is 13.1. The standard InChI is InChI=1S/C23H22F2N4O3/c1-28-20-10-11-29(21(30)14-32-18-8-6-17(25)7-9-18)13-19(20)22(27-28)23(31)26-12-15-2-4-16(24)5-3-15/h2-9H,10-14H2,1H3,(H,26,31). The molecule has 1 aliphatic rings. The molecule has 32 heavy (non-hydrogen) atoms. The Morgan fingerprint density at radius 1 is 1.06 bits per heavy atom. The normalized spacial score (nSPS) is 12.9. The molecule has 0 saturated carbocycles. The van der Waals surface area contributed by atoms with Crippen molar-refractivity contribution in [3.8, 4) is 5.75 Å². The fourth-order valence-corrected chi connectivity index (χ4v) is 3.62. The number of aryl methyl sites for hydroxylation is 1. The topological polar surface area (TPSA) is 76.5 Å². The van der Waals surface area contributed by atoms with E-state index in [1.165, 1.54) is 36.4 Å². The molecule has 0 saturated heterocycles. The predicted molar refractivity (Wildman–Crippen MR) is 112 cm³/mol. The van der Waals surface area contributed by atoms with Gasteiger partial charge in [0, 0.05) is 44.4 Å². The highest BCUT2D eigenvalue weighted by molar-refractivity contribution is 5.94. The molecule has 4 rings (SSSR count). The summed E-state index contributed by atoms with van der Waals surface area (Å²) in [6, 6.07) is 11.3. The molecule has 7 nitrogen and oxygen atoms in total. The van der Waals surface area contributed by atoms with Gasteiger partial charge in [0.05, 0.1) is 0 Å². The van der Waals surface area contributed by atoms with Crippen LogP contribution in [0.2, 0.25) is 0 Å². The van der Waals surface area contributed by atoms with Crippen molar-refractivity contribution < 1.29 is 23.1 Å². The molecule has 9 heteroatoms. The molecule has 1 N–H and O–H groups in total. The van der Waals surface area contributed by atoms with Crippen LogP contribution in [0.15, 0.2) is 48.5 Å². The highest BCUT2D eigenvalue weighted by Crippen LogP contribution is 2.23. The molecule has 1 aliphatic heterocycles. The lowest BCUT2D eigenvalue weighted by atomic mass is 10.0. The van der Waals surface area contributed by atoms with Crippen LogP contribution in [-0.4, -0.2) is 39.6 Å². The lowest BCUT2D eigenvalue weighted by molar-refractivity contribution is -0.134. The smallest absolute Gasteiger partial charge is 0.272 e. The number of hydrogen-bond donors (Lipinski definition) is 1. The number of ether oxygens (including phenoxy) is 1. The van der Waals surface area contributed by atoms with Gasteiger partial charge in [-0.1, -0.05) is 12.1 Å². The molecule has 2 heterocycles. The van der Waals surface area contributed by atoms with Crippen molar-refractivity contribution in [3.63, 3.8) is 0 Å². The number of halogens is 2. The maximum Gasteiger partial charge on any atom is 0.272 e. The largest absolute Gasteiger partial charge is 0.484 e. The fraction of sp³-hybridized carbons (Fsp3) is 0.261. The van der Waals surface area contributed by atoms with Crippen LogP contribution in [0, 0.1) is 11.6 Å². The number of nitrogens with zero attached hydrogens (tertiary/aromatic N) is 3. The van der Waals surface area contributed by atoms with Gasteiger partial charge in [0.15, 0.2) is 12.3 Å². The minimum Gasteiger partial charge on any atom is -0.484 e. The van der Waals surface area contributed by atoms with E-state index in [1.54, 1.807) is 28.8 Å². The molecule has 2 amide bonds. The Balaban J connectivity index is 1.40. The summed E-state index contributed by atoms with van der Waals surface area (Å²) in [5, 5.41) is 7.15. The van der Waals surface area contributed by atoms with Crippen molar-refractivity contribution in [2.24, 2.45) is 7.05 Å². The first kappa shape index (κ1) is 21.5. The number of carbonyl (C=O) groups excluding carboxylic acids is 2. The number of rotatable bonds is 6. The summed E-state index contributed by atoms with van der Waals surface area (Å²) in [5.74, 6) is -0.912. The van der Waals surface area contributed by atoms with Gasteiger partial charge in [0.2, 0.25) is 0 Å². The maximum absolute atomic E-state index is 13.1. The molecule has 166 valence electrons. The lowest BCUT2D eigenvalue weighted by Gasteiger charge is -2.27. The van der Waals surface area contributed by atoms with Crippen LogP contribution in [0.3, 0.4) is 0 Å². The SMILES string of the molecule is Cn1nc(C(=O)NCc2ccc(F)cc2)c2c1CCN(C(=O)COc1ccc(F)cc1)C2. The molecule has 0 aliphatic carbocycles. The van der Waals surface area contributed by atoms with Gasteiger partial charge in [-0.05, 0) is 42.0 Å². The van der Waals surface area contributed by atoms with Crippen molar-refractivity contribution >= 4 is 11.8 Å². The molecular formula is C23H22F2N4O3. The molecule has 3 aromatic rings. The molecule has 0 atom stereocenters. The quantitative estimate of drug-likeness (QED) is 0.639. The first-order valence-electron chi connectivity index (χ1n) is 10.1. The minimum atomic E-state index is -0.381. The van der Waals surface area contributed by atoms with Crippen molar-refractivity contribution in [2.45, 2.75) is 19.5 Å². The third-order valence-corrected chi connectivity index (χ3v) is 5.35. The average Bonchev–Trinajstić information content (AvgIpc) is 3.14. The molecule has 1 aromatic heterocycles. The van der Waals surface area contributed by atoms with E-state index < -0.39 is 0 Å². The summed E-state index contributed by atoms with van der Waals surface area (Å²) in [6.45, 7) is 0.773. The van der Waals surface area contributed by atoms with E-state index in [1.807, 2.05) is 0 Å². The van der Waals surface area contributed by atoms with Crippen LogP contribution >= 0.6 is 0 Å². The number of nitrogens with one attached hydrogen (secondary N) is 1. The average molecular weight is 440 g/mol. The summed E-state index contributed by atoms with van der Waals surface area (Å²) in [6.07, 6.45) is 0.562. The zero-order valence-electron chi connectivity index (χ0n) is 17.5. The Morgan fingerprint density at radius 2 is 1.72 bits per heavy atom. The summed E-state index contributed by atoms with van der Waals surface area (Å²) in [4.78, 5) is 27.0. The Hall–Kier alpha value is -3.75. The molecular weight excluding hydrogens is 418 g/mol. The number of amides is 2. The van der Waals surface area contributed by atoms with Crippen LogP contribution in [0.5, 0.6) is 5.75 Å². The Labute approximate surface area is 183 Å². The number of carbonyl (C=O) groups is 2. The van der Waals surface area contributed by atoms with E-state index in [4.69, 9.17) is 4.74 Å². The van der Waals surface area contributed by atoms with E-state index in [9.17, 15) is 18.4 Å². The van der Waals surface area contributed by atoms with Gasteiger partial charge in [-0.2, -0.15) is 5.10 Å². The van der Waals surface area contributed by atoms with Gasteiger partial charge >= 0.3 is 0 Å². The molecule has 0 radical (unpaired) electrons. The second-order valence-corrected chi connectivity index (χ2v) is 7.51. The van der Waals surface area contributed by atoms with E-state index in [0.29, 0.717) is 24.3 Å². The number of aromatic nitrogens is 2. The Bertz CT molecular complexity index is 1130. The fourth-order valence-electron chi connectivity index (χ4n) is 3.62. The van der Waals surface area contributed by atoms with Gasteiger partial charge in [-0.25, -0.2) is 8.78 Å². The van der Waals surface area contributed by atoms with Gasteiger partial charge in [-0.15, -0.1) is 0 Å². The second-order valence-electron chi connectivity index (χ2n) is 7.51. The van der Waals surface area contributed by atoms with Crippen molar-refractivity contribution in [1.82, 2.24) is 20.0 Å². The van der Waals surface area contributed by atoms with Crippen LogP contribution < -0.4 is 10.1 Å². The number of hydrogen-bond acceptors (Lipinski definition) is 4. The number of benzene rings is 2. The molecule has 0 bridgehead atoms. The van der Waals surface area contributed by atoms with E-state index in [0.717, 1.165) is 11.3 Å². The van der Waals surface area contributed by atoms with Gasteiger partial charge < -0.3 is 15.0 Å².